The SMILES string of the molecule is O=C(CCCOc1ccccc1Cl)N1C2CCNCC1CC2. The first-order valence-corrected chi connectivity index (χ1v) is 8.52. The second-order valence-electron chi connectivity index (χ2n) is 6.06. The minimum Gasteiger partial charge on any atom is -0.492 e. The molecule has 2 saturated heterocycles. The predicted molar refractivity (Wildman–Crippen MR) is 87.3 cm³/mol. The first-order chi connectivity index (χ1) is 10.8. The molecule has 120 valence electrons. The predicted octanol–water partition coefficient (Wildman–Crippen LogP) is 2.85. The number of rotatable bonds is 5. The normalized spacial score (nSPS) is 24.1. The number of amides is 1. The molecule has 2 atom stereocenters. The molecule has 1 aromatic carbocycles. The largest absolute Gasteiger partial charge is 0.492 e. The van der Waals surface area contributed by atoms with Gasteiger partial charge in [-0.3, -0.25) is 4.79 Å². The number of ether oxygens (including phenoxy) is 1. The molecule has 0 radical (unpaired) electrons. The standard InChI is InChI=1S/C17H23ClN2O2/c18-15-4-1-2-5-16(15)22-11-3-6-17(21)20-13-7-8-14(20)12-19-10-9-13/h1-2,4-5,13-14,19H,3,6-12H2. The van der Waals surface area contributed by atoms with Gasteiger partial charge in [-0.1, -0.05) is 23.7 Å². The number of nitrogens with zero attached hydrogens (tertiary/aromatic N) is 1. The number of carbonyl (C=O) groups is 1. The molecule has 5 heteroatoms. The summed E-state index contributed by atoms with van der Waals surface area (Å²) in [5.74, 6) is 0.967. The Morgan fingerprint density at radius 1 is 1.27 bits per heavy atom. The molecule has 2 aliphatic heterocycles. The quantitative estimate of drug-likeness (QED) is 0.848. The lowest BCUT2D eigenvalue weighted by Gasteiger charge is -2.28. The summed E-state index contributed by atoms with van der Waals surface area (Å²) in [6.45, 7) is 2.50. The molecular weight excluding hydrogens is 300 g/mol. The first kappa shape index (κ1) is 15.6. The fraction of sp³-hybridized carbons (Fsp3) is 0.588. The molecule has 2 heterocycles. The van der Waals surface area contributed by atoms with Crippen LogP contribution in [0.1, 0.15) is 32.1 Å². The zero-order valence-electron chi connectivity index (χ0n) is 12.8. The van der Waals surface area contributed by atoms with Crippen LogP contribution >= 0.6 is 11.6 Å². The van der Waals surface area contributed by atoms with E-state index in [9.17, 15) is 4.79 Å². The molecule has 2 unspecified atom stereocenters. The fourth-order valence-corrected chi connectivity index (χ4v) is 3.68. The van der Waals surface area contributed by atoms with E-state index < -0.39 is 0 Å². The number of carbonyl (C=O) groups excluding carboxylic acids is 1. The average molecular weight is 323 g/mol. The maximum absolute atomic E-state index is 12.5. The second-order valence-corrected chi connectivity index (χ2v) is 6.47. The van der Waals surface area contributed by atoms with Crippen molar-refractivity contribution in [1.82, 2.24) is 10.2 Å². The van der Waals surface area contributed by atoms with Crippen LogP contribution in [0.3, 0.4) is 0 Å². The van der Waals surface area contributed by atoms with E-state index in [4.69, 9.17) is 16.3 Å². The van der Waals surface area contributed by atoms with Crippen LogP contribution in [0, 0.1) is 0 Å². The highest BCUT2D eigenvalue weighted by Gasteiger charge is 2.37. The second kappa shape index (κ2) is 7.34. The van der Waals surface area contributed by atoms with E-state index in [2.05, 4.69) is 10.2 Å². The van der Waals surface area contributed by atoms with Crippen molar-refractivity contribution in [1.29, 1.82) is 0 Å². The van der Waals surface area contributed by atoms with Gasteiger partial charge >= 0.3 is 0 Å². The van der Waals surface area contributed by atoms with Gasteiger partial charge in [0.1, 0.15) is 5.75 Å². The van der Waals surface area contributed by atoms with Gasteiger partial charge in [0.05, 0.1) is 11.6 Å². The van der Waals surface area contributed by atoms with E-state index in [0.717, 1.165) is 38.8 Å². The average Bonchev–Trinajstić information content (AvgIpc) is 2.78. The van der Waals surface area contributed by atoms with E-state index in [1.807, 2.05) is 24.3 Å². The number of fused-ring (bicyclic) bond motifs is 2. The fourth-order valence-electron chi connectivity index (χ4n) is 3.49. The summed E-state index contributed by atoms with van der Waals surface area (Å²) >= 11 is 6.04. The maximum atomic E-state index is 12.5. The molecule has 3 rings (SSSR count). The van der Waals surface area contributed by atoms with Crippen molar-refractivity contribution in [2.24, 2.45) is 0 Å². The lowest BCUT2D eigenvalue weighted by Crippen LogP contribution is -2.42. The highest BCUT2D eigenvalue weighted by Crippen LogP contribution is 2.29. The highest BCUT2D eigenvalue weighted by molar-refractivity contribution is 6.32. The minimum absolute atomic E-state index is 0.277. The lowest BCUT2D eigenvalue weighted by molar-refractivity contribution is -0.134. The molecule has 4 nitrogen and oxygen atoms in total. The minimum atomic E-state index is 0.277. The van der Waals surface area contributed by atoms with Gasteiger partial charge < -0.3 is 15.0 Å². The Morgan fingerprint density at radius 2 is 2.09 bits per heavy atom. The van der Waals surface area contributed by atoms with Gasteiger partial charge in [-0.05, 0) is 44.4 Å². The summed E-state index contributed by atoms with van der Waals surface area (Å²) in [6, 6.07) is 8.27. The van der Waals surface area contributed by atoms with Crippen molar-refractivity contribution < 1.29 is 9.53 Å². The Labute approximate surface area is 136 Å². The Balaban J connectivity index is 1.45. The molecule has 22 heavy (non-hydrogen) atoms. The van der Waals surface area contributed by atoms with Crippen molar-refractivity contribution in [3.8, 4) is 5.75 Å². The molecule has 0 aliphatic carbocycles. The van der Waals surface area contributed by atoms with Crippen LogP contribution in [0.5, 0.6) is 5.75 Å². The summed E-state index contributed by atoms with van der Waals surface area (Å²) < 4.78 is 5.65. The summed E-state index contributed by atoms with van der Waals surface area (Å²) in [5.41, 5.74) is 0. The van der Waals surface area contributed by atoms with Gasteiger partial charge in [0.25, 0.3) is 0 Å². The van der Waals surface area contributed by atoms with Crippen LogP contribution in [0.15, 0.2) is 24.3 Å². The van der Waals surface area contributed by atoms with E-state index >= 15 is 0 Å². The van der Waals surface area contributed by atoms with Gasteiger partial charge in [0.2, 0.25) is 5.91 Å². The summed E-state index contributed by atoms with van der Waals surface area (Å²) in [4.78, 5) is 14.6. The van der Waals surface area contributed by atoms with Gasteiger partial charge in [-0.15, -0.1) is 0 Å². The van der Waals surface area contributed by atoms with Crippen LogP contribution < -0.4 is 10.1 Å². The smallest absolute Gasteiger partial charge is 0.223 e. The molecule has 2 fully saturated rings. The van der Waals surface area contributed by atoms with Crippen molar-refractivity contribution >= 4 is 17.5 Å². The van der Waals surface area contributed by atoms with Crippen molar-refractivity contribution in [3.05, 3.63) is 29.3 Å². The molecule has 2 bridgehead atoms. The number of nitrogens with one attached hydrogen (secondary N) is 1. The highest BCUT2D eigenvalue weighted by atomic mass is 35.5. The van der Waals surface area contributed by atoms with E-state index in [1.54, 1.807) is 0 Å². The van der Waals surface area contributed by atoms with Crippen LogP contribution in [0.25, 0.3) is 0 Å². The lowest BCUT2D eigenvalue weighted by atomic mass is 10.1. The third-order valence-corrected chi connectivity index (χ3v) is 4.88. The van der Waals surface area contributed by atoms with Crippen molar-refractivity contribution in [3.63, 3.8) is 0 Å². The van der Waals surface area contributed by atoms with Gasteiger partial charge in [-0.25, -0.2) is 0 Å². The summed E-state index contributed by atoms with van der Waals surface area (Å²) in [6.07, 6.45) is 4.66. The Hall–Kier alpha value is -1.26. The topological polar surface area (TPSA) is 41.6 Å². The van der Waals surface area contributed by atoms with Gasteiger partial charge in [-0.2, -0.15) is 0 Å². The number of hydrogen-bond donors (Lipinski definition) is 1. The summed E-state index contributed by atoms with van der Waals surface area (Å²) in [5, 5.41) is 4.04. The number of halogens is 1. The van der Waals surface area contributed by atoms with Crippen LogP contribution in [0.2, 0.25) is 5.02 Å². The van der Waals surface area contributed by atoms with Gasteiger partial charge in [0.15, 0.2) is 0 Å². The molecule has 1 aromatic rings. The molecule has 1 amide bonds. The zero-order valence-corrected chi connectivity index (χ0v) is 13.5. The first-order valence-electron chi connectivity index (χ1n) is 8.15. The van der Waals surface area contributed by atoms with Crippen LogP contribution in [0.4, 0.5) is 0 Å². The molecule has 1 N–H and O–H groups in total. The molecule has 0 aromatic heterocycles. The van der Waals surface area contributed by atoms with Crippen molar-refractivity contribution in [2.45, 2.75) is 44.2 Å². The van der Waals surface area contributed by atoms with Gasteiger partial charge in [0, 0.05) is 25.0 Å². The molecular formula is C17H23ClN2O2. The molecule has 0 saturated carbocycles. The number of hydrogen-bond acceptors (Lipinski definition) is 3. The maximum Gasteiger partial charge on any atom is 0.223 e. The Morgan fingerprint density at radius 3 is 2.95 bits per heavy atom. The van der Waals surface area contributed by atoms with E-state index in [0.29, 0.717) is 35.9 Å². The third kappa shape index (κ3) is 3.55. The Bertz CT molecular complexity index is 509. The van der Waals surface area contributed by atoms with Crippen LogP contribution in [-0.2, 0) is 4.79 Å². The zero-order chi connectivity index (χ0) is 15.4. The Kier molecular flexibility index (Phi) is 5.21. The van der Waals surface area contributed by atoms with Crippen LogP contribution in [-0.4, -0.2) is 42.6 Å². The molecule has 2 aliphatic rings. The monoisotopic (exact) mass is 322 g/mol. The molecule has 0 spiro atoms. The summed E-state index contributed by atoms with van der Waals surface area (Å²) in [7, 11) is 0. The van der Waals surface area contributed by atoms with Crippen molar-refractivity contribution in [2.75, 3.05) is 19.7 Å². The number of benzene rings is 1. The van der Waals surface area contributed by atoms with E-state index in [1.165, 1.54) is 0 Å². The van der Waals surface area contributed by atoms with E-state index in [-0.39, 0.29) is 5.91 Å². The third-order valence-electron chi connectivity index (χ3n) is 4.57. The number of para-hydroxylation sites is 1.